The Balaban J connectivity index is 2.82. The third-order valence-electron chi connectivity index (χ3n) is 2.32. The van der Waals surface area contributed by atoms with E-state index in [1.165, 1.54) is 6.08 Å². The number of primary amides is 1. The van der Waals surface area contributed by atoms with Gasteiger partial charge in [-0.15, -0.1) is 0 Å². The number of aliphatic carboxylic acids is 1. The van der Waals surface area contributed by atoms with E-state index in [9.17, 15) is 18.0 Å². The van der Waals surface area contributed by atoms with Crippen molar-refractivity contribution in [2.75, 3.05) is 0 Å². The first-order valence-corrected chi connectivity index (χ1v) is 7.59. The molecule has 1 atom stereocenters. The predicted octanol–water partition coefficient (Wildman–Crippen LogP) is 0.559. The zero-order chi connectivity index (χ0) is 16.0. The van der Waals surface area contributed by atoms with Gasteiger partial charge in [-0.05, 0) is 23.8 Å². The minimum absolute atomic E-state index is 0.500. The molecule has 0 heterocycles. The molecule has 7 nitrogen and oxygen atoms in total. The van der Waals surface area contributed by atoms with Gasteiger partial charge >= 0.3 is 5.97 Å². The third-order valence-corrected chi connectivity index (χ3v) is 3.68. The SMILES string of the molecule is NC(=O)C[C@H](NS(=O)(=O)C=Cc1ccc(Cl)cc1)C(=O)O. The Labute approximate surface area is 126 Å². The summed E-state index contributed by atoms with van der Waals surface area (Å²) < 4.78 is 25.3. The first kappa shape index (κ1) is 17.2. The summed E-state index contributed by atoms with van der Waals surface area (Å²) >= 11 is 5.69. The molecule has 4 N–H and O–H groups in total. The maximum Gasteiger partial charge on any atom is 0.322 e. The number of carbonyl (C=O) groups is 2. The smallest absolute Gasteiger partial charge is 0.322 e. The van der Waals surface area contributed by atoms with Gasteiger partial charge in [-0.1, -0.05) is 23.7 Å². The largest absolute Gasteiger partial charge is 0.480 e. The number of carbonyl (C=O) groups excluding carboxylic acids is 1. The summed E-state index contributed by atoms with van der Waals surface area (Å²) in [6.45, 7) is 0. The Kier molecular flexibility index (Phi) is 5.89. The van der Waals surface area contributed by atoms with Crippen molar-refractivity contribution < 1.29 is 23.1 Å². The molecule has 114 valence electrons. The number of nitrogens with one attached hydrogen (secondary N) is 1. The predicted molar refractivity (Wildman–Crippen MR) is 77.8 cm³/mol. The second-order valence-corrected chi connectivity index (χ2v) is 6.11. The molecule has 0 saturated carbocycles. The molecular weight excluding hydrogens is 320 g/mol. The normalized spacial score (nSPS) is 13.2. The number of halogens is 1. The number of nitrogens with two attached hydrogens (primary N) is 1. The fraction of sp³-hybridized carbons (Fsp3) is 0.167. The van der Waals surface area contributed by atoms with Crippen LogP contribution in [0, 0.1) is 0 Å². The Bertz CT molecular complexity index is 655. The Morgan fingerprint density at radius 1 is 1.33 bits per heavy atom. The van der Waals surface area contributed by atoms with Gasteiger partial charge in [0.1, 0.15) is 6.04 Å². The highest BCUT2D eigenvalue weighted by atomic mass is 35.5. The molecule has 1 rings (SSSR count). The van der Waals surface area contributed by atoms with Crippen LogP contribution < -0.4 is 10.5 Å². The summed E-state index contributed by atoms with van der Waals surface area (Å²) in [7, 11) is -4.03. The molecule has 0 unspecified atom stereocenters. The first-order valence-electron chi connectivity index (χ1n) is 5.67. The van der Waals surface area contributed by atoms with Gasteiger partial charge in [-0.3, -0.25) is 9.59 Å². The van der Waals surface area contributed by atoms with Crippen LogP contribution in [0.15, 0.2) is 29.7 Å². The maximum atomic E-state index is 11.7. The van der Waals surface area contributed by atoms with Crippen molar-refractivity contribution >= 4 is 39.6 Å². The molecule has 0 aliphatic rings. The van der Waals surface area contributed by atoms with Crippen LogP contribution >= 0.6 is 11.6 Å². The lowest BCUT2D eigenvalue weighted by Crippen LogP contribution is -2.42. The number of rotatable bonds is 7. The molecule has 0 saturated heterocycles. The van der Waals surface area contributed by atoms with E-state index in [1.807, 2.05) is 4.72 Å². The average molecular weight is 333 g/mol. The fourth-order valence-corrected chi connectivity index (χ4v) is 2.48. The van der Waals surface area contributed by atoms with E-state index < -0.39 is 34.4 Å². The molecular formula is C12H13ClN2O5S. The van der Waals surface area contributed by atoms with Gasteiger partial charge in [-0.2, -0.15) is 4.72 Å². The van der Waals surface area contributed by atoms with Crippen LogP contribution in [-0.4, -0.2) is 31.4 Å². The molecule has 9 heteroatoms. The number of hydrogen-bond donors (Lipinski definition) is 3. The lowest BCUT2D eigenvalue weighted by molar-refractivity contribution is -0.140. The van der Waals surface area contributed by atoms with Crippen LogP contribution in [0.5, 0.6) is 0 Å². The van der Waals surface area contributed by atoms with Crippen molar-refractivity contribution in [3.63, 3.8) is 0 Å². The molecule has 0 radical (unpaired) electrons. The van der Waals surface area contributed by atoms with Crippen molar-refractivity contribution in [3.05, 3.63) is 40.3 Å². The van der Waals surface area contributed by atoms with E-state index >= 15 is 0 Å². The van der Waals surface area contributed by atoms with Gasteiger partial charge < -0.3 is 10.8 Å². The van der Waals surface area contributed by atoms with Crippen molar-refractivity contribution in [3.8, 4) is 0 Å². The van der Waals surface area contributed by atoms with Crippen molar-refractivity contribution in [2.24, 2.45) is 5.73 Å². The van der Waals surface area contributed by atoms with Crippen LogP contribution in [0.3, 0.4) is 0 Å². The third kappa shape index (κ3) is 6.39. The second-order valence-electron chi connectivity index (χ2n) is 4.08. The van der Waals surface area contributed by atoms with Gasteiger partial charge in [0.15, 0.2) is 0 Å². The second kappa shape index (κ2) is 7.21. The number of hydrogen-bond acceptors (Lipinski definition) is 4. The maximum absolute atomic E-state index is 11.7. The van der Waals surface area contributed by atoms with Crippen molar-refractivity contribution in [1.29, 1.82) is 0 Å². The number of carboxylic acids is 1. The minimum Gasteiger partial charge on any atom is -0.480 e. The summed E-state index contributed by atoms with van der Waals surface area (Å²) in [5, 5.41) is 10.1. The summed E-state index contributed by atoms with van der Waals surface area (Å²) in [6, 6.07) is 4.73. The molecule has 1 aromatic rings. The first-order chi connectivity index (χ1) is 9.69. The van der Waals surface area contributed by atoms with E-state index in [4.69, 9.17) is 22.4 Å². The molecule has 0 aliphatic carbocycles. The van der Waals surface area contributed by atoms with Crippen molar-refractivity contribution in [2.45, 2.75) is 12.5 Å². The number of benzene rings is 1. The van der Waals surface area contributed by atoms with Crippen LogP contribution in [-0.2, 0) is 19.6 Å². The zero-order valence-electron chi connectivity index (χ0n) is 10.7. The average Bonchev–Trinajstić information content (AvgIpc) is 2.36. The molecule has 21 heavy (non-hydrogen) atoms. The summed E-state index contributed by atoms with van der Waals surface area (Å²) in [6.07, 6.45) is 0.630. The molecule has 0 aromatic heterocycles. The standard InChI is InChI=1S/C12H13ClN2O5S/c13-9-3-1-8(2-4-9)5-6-21(19,20)15-10(12(17)18)7-11(14)16/h1-6,10,15H,7H2,(H2,14,16)(H,17,18)/t10-/m0/s1. The Morgan fingerprint density at radius 2 is 1.90 bits per heavy atom. The lowest BCUT2D eigenvalue weighted by Gasteiger charge is -2.10. The van der Waals surface area contributed by atoms with Gasteiger partial charge in [0.2, 0.25) is 15.9 Å². The van der Waals surface area contributed by atoms with E-state index in [-0.39, 0.29) is 0 Å². The number of carboxylic acid groups (broad SMARTS) is 1. The lowest BCUT2D eigenvalue weighted by atomic mass is 10.2. The quantitative estimate of drug-likeness (QED) is 0.672. The number of sulfonamides is 1. The van der Waals surface area contributed by atoms with Gasteiger partial charge in [-0.25, -0.2) is 8.42 Å². The Morgan fingerprint density at radius 3 is 2.38 bits per heavy atom. The van der Waals surface area contributed by atoms with Gasteiger partial charge in [0.25, 0.3) is 0 Å². The van der Waals surface area contributed by atoms with E-state index in [0.717, 1.165) is 5.41 Å². The molecule has 0 bridgehead atoms. The molecule has 1 aromatic carbocycles. The van der Waals surface area contributed by atoms with E-state index in [0.29, 0.717) is 10.6 Å². The minimum atomic E-state index is -4.03. The number of amides is 1. The van der Waals surface area contributed by atoms with E-state index in [2.05, 4.69) is 0 Å². The molecule has 0 aliphatic heterocycles. The molecule has 1 amide bonds. The Hall–Kier alpha value is -1.90. The highest BCUT2D eigenvalue weighted by molar-refractivity contribution is 7.92. The summed E-state index contributed by atoms with van der Waals surface area (Å²) in [5.74, 6) is -2.41. The topological polar surface area (TPSA) is 127 Å². The van der Waals surface area contributed by atoms with Crippen LogP contribution in [0.2, 0.25) is 5.02 Å². The van der Waals surface area contributed by atoms with Crippen LogP contribution in [0.4, 0.5) is 0 Å². The van der Waals surface area contributed by atoms with Crippen LogP contribution in [0.25, 0.3) is 6.08 Å². The van der Waals surface area contributed by atoms with Gasteiger partial charge in [0, 0.05) is 10.4 Å². The monoisotopic (exact) mass is 332 g/mol. The summed E-state index contributed by atoms with van der Waals surface area (Å²) in [5.41, 5.74) is 5.42. The molecule has 0 fully saturated rings. The highest BCUT2D eigenvalue weighted by Crippen LogP contribution is 2.11. The molecule has 0 spiro atoms. The zero-order valence-corrected chi connectivity index (χ0v) is 12.3. The summed E-state index contributed by atoms with van der Waals surface area (Å²) in [4.78, 5) is 21.6. The van der Waals surface area contributed by atoms with E-state index in [1.54, 1.807) is 24.3 Å². The fourth-order valence-electron chi connectivity index (χ4n) is 1.36. The van der Waals surface area contributed by atoms with Crippen molar-refractivity contribution in [1.82, 2.24) is 4.72 Å². The van der Waals surface area contributed by atoms with Crippen LogP contribution in [0.1, 0.15) is 12.0 Å². The van der Waals surface area contributed by atoms with Gasteiger partial charge in [0.05, 0.1) is 6.42 Å². The highest BCUT2D eigenvalue weighted by Gasteiger charge is 2.24.